The highest BCUT2D eigenvalue weighted by molar-refractivity contribution is 6.33. The molecule has 1 aliphatic rings. The number of nitrogens with zero attached hydrogens (tertiary/aromatic N) is 2. The van der Waals surface area contributed by atoms with Crippen LogP contribution in [0.15, 0.2) is 18.2 Å². The zero-order chi connectivity index (χ0) is 15.2. The van der Waals surface area contributed by atoms with E-state index in [0.717, 1.165) is 19.6 Å². The Labute approximate surface area is 128 Å². The van der Waals surface area contributed by atoms with Crippen LogP contribution in [-0.2, 0) is 0 Å². The molecule has 0 aromatic heterocycles. The second-order valence-electron chi connectivity index (χ2n) is 5.05. The van der Waals surface area contributed by atoms with Gasteiger partial charge in [0.15, 0.2) is 0 Å². The summed E-state index contributed by atoms with van der Waals surface area (Å²) >= 11 is 5.79. The van der Waals surface area contributed by atoms with Gasteiger partial charge in [-0.05, 0) is 38.1 Å². The molecule has 1 N–H and O–H groups in total. The molecule has 0 atom stereocenters. The van der Waals surface area contributed by atoms with Crippen LogP contribution in [-0.4, -0.2) is 41.9 Å². The molecule has 1 heterocycles. The van der Waals surface area contributed by atoms with Crippen LogP contribution in [0.1, 0.15) is 29.6 Å². The van der Waals surface area contributed by atoms with E-state index in [2.05, 4.69) is 10.2 Å². The third kappa shape index (κ3) is 4.15. The summed E-state index contributed by atoms with van der Waals surface area (Å²) in [7, 11) is 0. The number of likely N-dealkylation sites (tertiary alicyclic amines) is 1. The number of benzene rings is 1. The van der Waals surface area contributed by atoms with Gasteiger partial charge in [0.25, 0.3) is 5.91 Å². The number of nitro benzene ring substituents is 1. The van der Waals surface area contributed by atoms with Crippen molar-refractivity contribution in [1.29, 1.82) is 0 Å². The summed E-state index contributed by atoms with van der Waals surface area (Å²) in [6, 6.07) is 4.36. The Kier molecular flexibility index (Phi) is 5.52. The Morgan fingerprint density at radius 3 is 2.71 bits per heavy atom. The first kappa shape index (κ1) is 15.7. The third-order valence-electron chi connectivity index (χ3n) is 3.58. The molecule has 114 valence electrons. The molecule has 0 spiro atoms. The first-order valence-corrected chi connectivity index (χ1v) is 7.41. The van der Waals surface area contributed by atoms with E-state index in [0.29, 0.717) is 6.54 Å². The molecule has 1 aromatic rings. The average molecular weight is 312 g/mol. The molecule has 2 rings (SSSR count). The minimum Gasteiger partial charge on any atom is -0.351 e. The van der Waals surface area contributed by atoms with Crippen LogP contribution in [0.3, 0.4) is 0 Å². The lowest BCUT2D eigenvalue weighted by Crippen LogP contribution is -2.37. The summed E-state index contributed by atoms with van der Waals surface area (Å²) in [4.78, 5) is 24.7. The number of para-hydroxylation sites is 1. The van der Waals surface area contributed by atoms with E-state index in [4.69, 9.17) is 11.6 Å². The van der Waals surface area contributed by atoms with Gasteiger partial charge in [-0.25, -0.2) is 0 Å². The summed E-state index contributed by atoms with van der Waals surface area (Å²) in [6.07, 6.45) is 3.64. The van der Waals surface area contributed by atoms with Crippen molar-refractivity contribution in [3.8, 4) is 0 Å². The Morgan fingerprint density at radius 2 is 2.05 bits per heavy atom. The fourth-order valence-corrected chi connectivity index (χ4v) is 2.73. The second-order valence-corrected chi connectivity index (χ2v) is 5.46. The average Bonchev–Trinajstić information content (AvgIpc) is 2.47. The number of hydrogen-bond donors (Lipinski definition) is 1. The maximum atomic E-state index is 12.1. The van der Waals surface area contributed by atoms with E-state index in [1.165, 1.54) is 37.5 Å². The molecule has 1 aromatic carbocycles. The number of piperidine rings is 1. The lowest BCUT2D eigenvalue weighted by atomic mass is 10.1. The standard InChI is InChI=1S/C14H18ClN3O3/c15-12-6-4-5-11(13(12)18(20)21)14(19)16-7-10-17-8-2-1-3-9-17/h4-6H,1-3,7-10H2,(H,16,19). The molecular formula is C14H18ClN3O3. The van der Waals surface area contributed by atoms with Crippen molar-refractivity contribution in [3.63, 3.8) is 0 Å². The highest BCUT2D eigenvalue weighted by Crippen LogP contribution is 2.27. The van der Waals surface area contributed by atoms with Crippen LogP contribution < -0.4 is 5.32 Å². The van der Waals surface area contributed by atoms with Gasteiger partial charge in [0.2, 0.25) is 0 Å². The third-order valence-corrected chi connectivity index (χ3v) is 3.88. The van der Waals surface area contributed by atoms with Gasteiger partial charge in [-0.3, -0.25) is 14.9 Å². The second kappa shape index (κ2) is 7.38. The molecule has 7 heteroatoms. The smallest absolute Gasteiger partial charge is 0.300 e. The highest BCUT2D eigenvalue weighted by atomic mass is 35.5. The number of hydrogen-bond acceptors (Lipinski definition) is 4. The van der Waals surface area contributed by atoms with E-state index in [1.807, 2.05) is 0 Å². The quantitative estimate of drug-likeness (QED) is 0.669. The van der Waals surface area contributed by atoms with Crippen LogP contribution in [0.2, 0.25) is 5.02 Å². The predicted molar refractivity (Wildman–Crippen MR) is 80.7 cm³/mol. The van der Waals surface area contributed by atoms with E-state index in [-0.39, 0.29) is 16.3 Å². The molecule has 1 aliphatic heterocycles. The molecular weight excluding hydrogens is 294 g/mol. The SMILES string of the molecule is O=C(NCCN1CCCCC1)c1cccc(Cl)c1[N+](=O)[O-]. The van der Waals surface area contributed by atoms with Crippen molar-refractivity contribution >= 4 is 23.2 Å². The summed E-state index contributed by atoms with van der Waals surface area (Å²) in [5, 5.41) is 13.7. The first-order chi connectivity index (χ1) is 10.1. The van der Waals surface area contributed by atoms with Gasteiger partial charge >= 0.3 is 5.69 Å². The minimum absolute atomic E-state index is 0.00569. The zero-order valence-corrected chi connectivity index (χ0v) is 12.4. The molecule has 1 saturated heterocycles. The lowest BCUT2D eigenvalue weighted by Gasteiger charge is -2.26. The van der Waals surface area contributed by atoms with Gasteiger partial charge in [0, 0.05) is 13.1 Å². The largest absolute Gasteiger partial charge is 0.351 e. The van der Waals surface area contributed by atoms with Crippen molar-refractivity contribution in [2.75, 3.05) is 26.2 Å². The van der Waals surface area contributed by atoms with Gasteiger partial charge in [-0.1, -0.05) is 24.1 Å². The predicted octanol–water partition coefficient (Wildman–Crippen LogP) is 2.46. The number of carbonyl (C=O) groups is 1. The number of rotatable bonds is 5. The van der Waals surface area contributed by atoms with Crippen molar-refractivity contribution < 1.29 is 9.72 Å². The normalized spacial score (nSPS) is 15.7. The van der Waals surface area contributed by atoms with E-state index in [9.17, 15) is 14.9 Å². The van der Waals surface area contributed by atoms with Crippen LogP contribution >= 0.6 is 11.6 Å². The van der Waals surface area contributed by atoms with Gasteiger partial charge in [-0.15, -0.1) is 0 Å². The van der Waals surface area contributed by atoms with Gasteiger partial charge in [0.1, 0.15) is 10.6 Å². The topological polar surface area (TPSA) is 75.5 Å². The highest BCUT2D eigenvalue weighted by Gasteiger charge is 2.23. The summed E-state index contributed by atoms with van der Waals surface area (Å²) < 4.78 is 0. The number of amides is 1. The Bertz CT molecular complexity index is 530. The van der Waals surface area contributed by atoms with E-state index in [1.54, 1.807) is 0 Å². The van der Waals surface area contributed by atoms with Gasteiger partial charge < -0.3 is 10.2 Å². The van der Waals surface area contributed by atoms with Crippen molar-refractivity contribution in [2.24, 2.45) is 0 Å². The minimum atomic E-state index is -0.623. The van der Waals surface area contributed by atoms with E-state index < -0.39 is 10.8 Å². The maximum Gasteiger partial charge on any atom is 0.300 e. The van der Waals surface area contributed by atoms with Crippen molar-refractivity contribution in [2.45, 2.75) is 19.3 Å². The Hall–Kier alpha value is -1.66. The van der Waals surface area contributed by atoms with Gasteiger partial charge in [0.05, 0.1) is 4.92 Å². The maximum absolute atomic E-state index is 12.1. The number of carbonyl (C=O) groups excluding carboxylic acids is 1. The Morgan fingerprint density at radius 1 is 1.33 bits per heavy atom. The first-order valence-electron chi connectivity index (χ1n) is 7.03. The molecule has 21 heavy (non-hydrogen) atoms. The molecule has 0 radical (unpaired) electrons. The van der Waals surface area contributed by atoms with Crippen LogP contribution in [0.25, 0.3) is 0 Å². The lowest BCUT2D eigenvalue weighted by molar-refractivity contribution is -0.385. The van der Waals surface area contributed by atoms with Gasteiger partial charge in [-0.2, -0.15) is 0 Å². The molecule has 0 aliphatic carbocycles. The fraction of sp³-hybridized carbons (Fsp3) is 0.500. The summed E-state index contributed by atoms with van der Waals surface area (Å²) in [5.74, 6) is -0.457. The summed E-state index contributed by atoms with van der Waals surface area (Å²) in [5.41, 5.74) is -0.333. The molecule has 0 saturated carbocycles. The Balaban J connectivity index is 1.94. The number of nitrogens with one attached hydrogen (secondary N) is 1. The number of halogens is 1. The van der Waals surface area contributed by atoms with E-state index >= 15 is 0 Å². The summed E-state index contributed by atoms with van der Waals surface area (Å²) in [6.45, 7) is 3.34. The monoisotopic (exact) mass is 311 g/mol. The fourth-order valence-electron chi connectivity index (χ4n) is 2.49. The molecule has 1 fully saturated rings. The zero-order valence-electron chi connectivity index (χ0n) is 11.7. The number of nitro groups is 1. The molecule has 0 unspecified atom stereocenters. The van der Waals surface area contributed by atoms with Crippen LogP contribution in [0, 0.1) is 10.1 Å². The molecule has 1 amide bonds. The van der Waals surface area contributed by atoms with Crippen LogP contribution in [0.4, 0.5) is 5.69 Å². The van der Waals surface area contributed by atoms with Crippen molar-refractivity contribution in [1.82, 2.24) is 10.2 Å². The molecule has 6 nitrogen and oxygen atoms in total. The molecule has 0 bridgehead atoms. The van der Waals surface area contributed by atoms with Crippen LogP contribution in [0.5, 0.6) is 0 Å². The van der Waals surface area contributed by atoms with Crippen molar-refractivity contribution in [3.05, 3.63) is 38.9 Å².